The van der Waals surface area contributed by atoms with Crippen LogP contribution in [0.15, 0.2) is 40.5 Å². The molecule has 0 atom stereocenters. The van der Waals surface area contributed by atoms with Gasteiger partial charge in [-0.05, 0) is 37.6 Å². The van der Waals surface area contributed by atoms with Gasteiger partial charge in [0.1, 0.15) is 0 Å². The van der Waals surface area contributed by atoms with E-state index in [0.29, 0.717) is 15.9 Å². The van der Waals surface area contributed by atoms with Crippen LogP contribution in [0.3, 0.4) is 0 Å². The topological polar surface area (TPSA) is 52.2 Å². The van der Waals surface area contributed by atoms with Crippen molar-refractivity contribution in [3.8, 4) is 17.5 Å². The number of thioether (sulfide) groups is 1. The molecule has 0 aliphatic carbocycles. The van der Waals surface area contributed by atoms with Gasteiger partial charge in [-0.15, -0.1) is 16.1 Å². The van der Waals surface area contributed by atoms with E-state index in [0.717, 1.165) is 11.3 Å². The third kappa shape index (κ3) is 2.98. The molecule has 0 saturated heterocycles. The van der Waals surface area contributed by atoms with Gasteiger partial charge in [-0.1, -0.05) is 29.3 Å². The number of halogens is 1. The maximum atomic E-state index is 12.6. The molecule has 0 fully saturated rings. The van der Waals surface area contributed by atoms with Crippen molar-refractivity contribution in [3.63, 3.8) is 0 Å². The number of hydrogen-bond acceptors (Lipinski definition) is 4. The first kappa shape index (κ1) is 15.7. The summed E-state index contributed by atoms with van der Waals surface area (Å²) in [4.78, 5) is 12.6. The summed E-state index contributed by atoms with van der Waals surface area (Å²) < 4.78 is 3.22. The first-order chi connectivity index (χ1) is 11.1. The monoisotopic (exact) mass is 344 g/mol. The van der Waals surface area contributed by atoms with E-state index in [1.54, 1.807) is 35.9 Å². The van der Waals surface area contributed by atoms with Crippen LogP contribution in [0.1, 0.15) is 12.5 Å². The van der Waals surface area contributed by atoms with Crippen LogP contribution >= 0.6 is 23.4 Å². The van der Waals surface area contributed by atoms with E-state index in [2.05, 4.69) is 22.0 Å². The summed E-state index contributed by atoms with van der Waals surface area (Å²) in [6.45, 7) is 3.69. The van der Waals surface area contributed by atoms with Gasteiger partial charge in [-0.3, -0.25) is 13.8 Å². The molecule has 116 valence electrons. The molecule has 1 aromatic carbocycles. The van der Waals surface area contributed by atoms with Crippen LogP contribution in [0.2, 0.25) is 5.02 Å². The van der Waals surface area contributed by atoms with Crippen molar-refractivity contribution in [2.24, 2.45) is 0 Å². The average Bonchev–Trinajstić information content (AvgIpc) is 2.95. The van der Waals surface area contributed by atoms with Gasteiger partial charge in [-0.2, -0.15) is 0 Å². The zero-order valence-electron chi connectivity index (χ0n) is 12.6. The Morgan fingerprint density at radius 2 is 2.13 bits per heavy atom. The minimum Gasteiger partial charge on any atom is -0.280 e. The summed E-state index contributed by atoms with van der Waals surface area (Å²) >= 11 is 7.49. The lowest BCUT2D eigenvalue weighted by Gasteiger charge is -2.08. The van der Waals surface area contributed by atoms with Crippen molar-refractivity contribution in [2.75, 3.05) is 5.75 Å². The SMILES string of the molecule is CC#CCSc1nnc2c(=O)n(-c3ccc(Cl)c(C)c3)ccn12. The molecule has 23 heavy (non-hydrogen) atoms. The van der Waals surface area contributed by atoms with Crippen LogP contribution in [0.5, 0.6) is 0 Å². The largest absolute Gasteiger partial charge is 0.300 e. The van der Waals surface area contributed by atoms with Gasteiger partial charge in [0.2, 0.25) is 5.65 Å². The second-order valence-electron chi connectivity index (χ2n) is 4.80. The normalized spacial score (nSPS) is 10.6. The number of hydrogen-bond donors (Lipinski definition) is 0. The highest BCUT2D eigenvalue weighted by molar-refractivity contribution is 7.99. The second kappa shape index (κ2) is 6.49. The Labute approximate surface area is 142 Å². The van der Waals surface area contributed by atoms with Crippen LogP contribution in [0.4, 0.5) is 0 Å². The number of rotatable bonds is 3. The molecule has 0 saturated carbocycles. The van der Waals surface area contributed by atoms with Gasteiger partial charge in [0.05, 0.1) is 5.75 Å². The molecule has 3 rings (SSSR count). The molecule has 0 bridgehead atoms. The molecule has 0 unspecified atom stereocenters. The van der Waals surface area contributed by atoms with Crippen molar-refractivity contribution in [2.45, 2.75) is 19.0 Å². The van der Waals surface area contributed by atoms with Gasteiger partial charge in [0.15, 0.2) is 5.16 Å². The van der Waals surface area contributed by atoms with Crippen LogP contribution in [0.25, 0.3) is 11.3 Å². The Morgan fingerprint density at radius 3 is 2.87 bits per heavy atom. The highest BCUT2D eigenvalue weighted by atomic mass is 35.5. The zero-order valence-corrected chi connectivity index (χ0v) is 14.1. The quantitative estimate of drug-likeness (QED) is 0.541. The van der Waals surface area contributed by atoms with E-state index in [1.807, 2.05) is 13.0 Å². The van der Waals surface area contributed by atoms with E-state index in [9.17, 15) is 4.79 Å². The molecular formula is C16H13ClN4OS. The summed E-state index contributed by atoms with van der Waals surface area (Å²) in [6, 6.07) is 5.44. The lowest BCUT2D eigenvalue weighted by atomic mass is 10.2. The van der Waals surface area contributed by atoms with Gasteiger partial charge in [0.25, 0.3) is 0 Å². The van der Waals surface area contributed by atoms with E-state index in [1.165, 1.54) is 16.3 Å². The van der Waals surface area contributed by atoms with Crippen LogP contribution in [-0.4, -0.2) is 24.9 Å². The maximum absolute atomic E-state index is 12.6. The Bertz CT molecular complexity index is 997. The van der Waals surface area contributed by atoms with Crippen LogP contribution in [-0.2, 0) is 0 Å². The summed E-state index contributed by atoms with van der Waals surface area (Å²) in [5.74, 6) is 6.38. The van der Waals surface area contributed by atoms with Crippen molar-refractivity contribution in [1.82, 2.24) is 19.2 Å². The third-order valence-electron chi connectivity index (χ3n) is 3.31. The Balaban J connectivity index is 2.07. The molecule has 0 aliphatic rings. The van der Waals surface area contributed by atoms with Crippen molar-refractivity contribution >= 4 is 29.0 Å². The Kier molecular flexibility index (Phi) is 4.42. The Hall–Kier alpha value is -2.23. The van der Waals surface area contributed by atoms with Crippen molar-refractivity contribution < 1.29 is 0 Å². The summed E-state index contributed by atoms with van der Waals surface area (Å²) in [7, 11) is 0. The van der Waals surface area contributed by atoms with E-state index in [4.69, 9.17) is 11.6 Å². The lowest BCUT2D eigenvalue weighted by molar-refractivity contribution is 0.894. The molecule has 5 nitrogen and oxygen atoms in total. The number of fused-ring (bicyclic) bond motifs is 1. The highest BCUT2D eigenvalue weighted by Crippen LogP contribution is 2.19. The first-order valence-corrected chi connectivity index (χ1v) is 8.23. The van der Waals surface area contributed by atoms with E-state index >= 15 is 0 Å². The van der Waals surface area contributed by atoms with Gasteiger partial charge in [-0.25, -0.2) is 0 Å². The molecule has 2 aromatic heterocycles. The second-order valence-corrected chi connectivity index (χ2v) is 6.15. The molecular weight excluding hydrogens is 332 g/mol. The lowest BCUT2D eigenvalue weighted by Crippen LogP contribution is -2.20. The standard InChI is InChI=1S/C16H13ClN4OS/c1-3-4-9-23-16-19-18-14-15(22)20(7-8-21(14)16)12-5-6-13(17)11(2)10-12/h5-8,10H,9H2,1-2H3. The van der Waals surface area contributed by atoms with E-state index in [-0.39, 0.29) is 11.2 Å². The molecule has 0 aliphatic heterocycles. The summed E-state index contributed by atoms with van der Waals surface area (Å²) in [5, 5.41) is 9.40. The number of benzene rings is 1. The van der Waals surface area contributed by atoms with Crippen LogP contribution < -0.4 is 5.56 Å². The summed E-state index contributed by atoms with van der Waals surface area (Å²) in [6.07, 6.45) is 3.49. The smallest absolute Gasteiger partial charge is 0.280 e. The fraction of sp³-hybridized carbons (Fsp3) is 0.188. The molecule has 3 aromatic rings. The summed E-state index contributed by atoms with van der Waals surface area (Å²) in [5.41, 5.74) is 1.71. The molecule has 0 spiro atoms. The fourth-order valence-corrected chi connectivity index (χ4v) is 2.97. The molecule has 2 heterocycles. The maximum Gasteiger partial charge on any atom is 0.300 e. The van der Waals surface area contributed by atoms with Gasteiger partial charge >= 0.3 is 5.56 Å². The fourth-order valence-electron chi connectivity index (χ4n) is 2.12. The Morgan fingerprint density at radius 1 is 1.30 bits per heavy atom. The van der Waals surface area contributed by atoms with Gasteiger partial charge < -0.3 is 0 Å². The first-order valence-electron chi connectivity index (χ1n) is 6.87. The predicted octanol–water partition coefficient (Wildman–Crippen LogP) is 2.96. The highest BCUT2D eigenvalue weighted by Gasteiger charge is 2.12. The zero-order chi connectivity index (χ0) is 16.4. The molecule has 0 radical (unpaired) electrons. The molecule has 0 N–H and O–H groups in total. The van der Waals surface area contributed by atoms with Crippen LogP contribution in [0, 0.1) is 18.8 Å². The van der Waals surface area contributed by atoms with Crippen molar-refractivity contribution in [3.05, 3.63) is 51.5 Å². The molecule has 0 amide bonds. The van der Waals surface area contributed by atoms with E-state index < -0.39 is 0 Å². The molecule has 7 heteroatoms. The average molecular weight is 345 g/mol. The predicted molar refractivity (Wildman–Crippen MR) is 92.5 cm³/mol. The number of nitrogens with zero attached hydrogens (tertiary/aromatic N) is 4. The third-order valence-corrected chi connectivity index (χ3v) is 4.56. The minimum atomic E-state index is -0.227. The number of aryl methyl sites for hydroxylation is 1. The van der Waals surface area contributed by atoms with Gasteiger partial charge in [0, 0.05) is 23.1 Å². The van der Waals surface area contributed by atoms with Crippen molar-refractivity contribution in [1.29, 1.82) is 0 Å². The number of aromatic nitrogens is 4. The minimum absolute atomic E-state index is 0.227.